The van der Waals surface area contributed by atoms with Gasteiger partial charge >= 0.3 is 0 Å². The first-order chi connectivity index (χ1) is 23.3. The van der Waals surface area contributed by atoms with E-state index in [-0.39, 0.29) is 0 Å². The molecular formula is C46H35N. The zero-order valence-electron chi connectivity index (χ0n) is 26.3. The Kier molecular flexibility index (Phi) is 6.82. The minimum atomic E-state index is 0.319. The van der Waals surface area contributed by atoms with E-state index in [4.69, 9.17) is 0 Å². The molecule has 1 aliphatic heterocycles. The minimum absolute atomic E-state index is 0.319. The van der Waals surface area contributed by atoms with Crippen LogP contribution in [0, 0.1) is 0 Å². The van der Waals surface area contributed by atoms with Crippen LogP contribution in [0.1, 0.15) is 29.9 Å². The number of rotatable bonds is 4. The molecule has 0 radical (unpaired) electrons. The molecule has 2 aliphatic rings. The maximum atomic E-state index is 2.57. The molecule has 0 spiro atoms. The summed E-state index contributed by atoms with van der Waals surface area (Å²) in [5.41, 5.74) is 13.1. The lowest BCUT2D eigenvalue weighted by Gasteiger charge is -2.33. The number of fused-ring (bicyclic) bond motifs is 3. The van der Waals surface area contributed by atoms with Gasteiger partial charge < -0.3 is 4.90 Å². The third kappa shape index (κ3) is 5.05. The lowest BCUT2D eigenvalue weighted by atomic mass is 9.85. The quantitative estimate of drug-likeness (QED) is 0.194. The lowest BCUT2D eigenvalue weighted by Crippen LogP contribution is -2.21. The van der Waals surface area contributed by atoms with Crippen LogP contribution < -0.4 is 4.90 Å². The minimum Gasteiger partial charge on any atom is -0.314 e. The second-order valence-electron chi connectivity index (χ2n) is 12.9. The number of allylic oxidation sites excluding steroid dienone is 4. The Morgan fingerprint density at radius 2 is 1.13 bits per heavy atom. The van der Waals surface area contributed by atoms with Crippen LogP contribution in [-0.4, -0.2) is 0 Å². The summed E-state index contributed by atoms with van der Waals surface area (Å²) in [5.74, 6) is 0.319. The van der Waals surface area contributed by atoms with Crippen molar-refractivity contribution in [1.82, 2.24) is 0 Å². The molecule has 0 amide bonds. The first-order valence-electron chi connectivity index (χ1n) is 16.7. The number of hydrogen-bond acceptors (Lipinski definition) is 1. The van der Waals surface area contributed by atoms with Gasteiger partial charge in [0.2, 0.25) is 0 Å². The monoisotopic (exact) mass is 601 g/mol. The van der Waals surface area contributed by atoms with Crippen molar-refractivity contribution in [3.63, 3.8) is 0 Å². The van der Waals surface area contributed by atoms with Crippen LogP contribution in [-0.2, 0) is 6.42 Å². The van der Waals surface area contributed by atoms with Crippen molar-refractivity contribution in [3.8, 4) is 22.3 Å². The van der Waals surface area contributed by atoms with Gasteiger partial charge in [-0.05, 0) is 110 Å². The highest BCUT2D eigenvalue weighted by Crippen LogP contribution is 2.46. The second-order valence-corrected chi connectivity index (χ2v) is 12.9. The number of benzene rings is 7. The molecule has 7 aromatic carbocycles. The van der Waals surface area contributed by atoms with Crippen LogP contribution in [0.2, 0.25) is 0 Å². The standard InChI is InChI=1S/C46H35N/c1-3-12-33(13-4-1)43-28-37-15-9-10-16-38(37)29-44(43)41-26-23-35-21-20-34-22-25-40(39-24-19-32-11-7-8-14-36(32)27-39)30-45(34)47(46(35)31-41)42-17-5-2-6-18-42/h1-19,22-29,31,40H,20-21,30H2. The van der Waals surface area contributed by atoms with Crippen molar-refractivity contribution in [3.05, 3.63) is 192 Å². The van der Waals surface area contributed by atoms with Crippen molar-refractivity contribution < 1.29 is 0 Å². The smallest absolute Gasteiger partial charge is 0.0496 e. The average Bonchev–Trinajstić information content (AvgIpc) is 3.31. The molecule has 0 saturated carbocycles. The molecule has 1 nitrogen and oxygen atoms in total. The molecule has 224 valence electrons. The van der Waals surface area contributed by atoms with E-state index in [9.17, 15) is 0 Å². The Bertz CT molecular complexity index is 2330. The molecule has 1 aliphatic carbocycles. The van der Waals surface area contributed by atoms with Gasteiger partial charge in [0.1, 0.15) is 0 Å². The topological polar surface area (TPSA) is 3.24 Å². The molecule has 1 heterocycles. The van der Waals surface area contributed by atoms with Gasteiger partial charge in [0.15, 0.2) is 0 Å². The van der Waals surface area contributed by atoms with Crippen molar-refractivity contribution >= 4 is 32.9 Å². The van der Waals surface area contributed by atoms with Crippen LogP contribution in [0.3, 0.4) is 0 Å². The molecule has 0 bridgehead atoms. The van der Waals surface area contributed by atoms with E-state index in [1.807, 2.05) is 0 Å². The zero-order chi connectivity index (χ0) is 31.2. The molecule has 0 N–H and O–H groups in total. The molecule has 9 rings (SSSR count). The number of nitrogens with zero attached hydrogens (tertiary/aromatic N) is 1. The highest BCUT2D eigenvalue weighted by molar-refractivity contribution is 5.97. The number of hydrogen-bond donors (Lipinski definition) is 0. The van der Waals surface area contributed by atoms with Crippen LogP contribution in [0.15, 0.2) is 181 Å². The molecular weight excluding hydrogens is 567 g/mol. The fraction of sp³-hybridized carbons (Fsp3) is 0.0870. The Morgan fingerprint density at radius 3 is 1.87 bits per heavy atom. The molecule has 1 heteroatoms. The molecule has 0 saturated heterocycles. The first kappa shape index (κ1) is 27.6. The second kappa shape index (κ2) is 11.6. The normalized spacial score (nSPS) is 15.8. The maximum Gasteiger partial charge on any atom is 0.0496 e. The van der Waals surface area contributed by atoms with Gasteiger partial charge in [0.25, 0.3) is 0 Å². The maximum absolute atomic E-state index is 2.57. The number of anilines is 2. The lowest BCUT2D eigenvalue weighted by molar-refractivity contribution is 0.775. The largest absolute Gasteiger partial charge is 0.314 e. The van der Waals surface area contributed by atoms with Crippen LogP contribution in [0.4, 0.5) is 11.4 Å². The van der Waals surface area contributed by atoms with Crippen LogP contribution >= 0.6 is 0 Å². The van der Waals surface area contributed by atoms with E-state index in [0.717, 1.165) is 19.3 Å². The molecule has 1 atom stereocenters. The molecule has 0 aromatic heterocycles. The van der Waals surface area contributed by atoms with Gasteiger partial charge in [-0.2, -0.15) is 0 Å². The van der Waals surface area contributed by atoms with Gasteiger partial charge in [-0.15, -0.1) is 0 Å². The van der Waals surface area contributed by atoms with Crippen molar-refractivity contribution in [2.45, 2.75) is 25.2 Å². The van der Waals surface area contributed by atoms with Gasteiger partial charge in [-0.25, -0.2) is 0 Å². The van der Waals surface area contributed by atoms with Gasteiger partial charge in [-0.1, -0.05) is 140 Å². The molecule has 0 fully saturated rings. The fourth-order valence-electron chi connectivity index (χ4n) is 7.64. The van der Waals surface area contributed by atoms with E-state index in [2.05, 4.69) is 175 Å². The van der Waals surface area contributed by atoms with Crippen molar-refractivity contribution in [1.29, 1.82) is 0 Å². The Morgan fingerprint density at radius 1 is 0.489 bits per heavy atom. The summed E-state index contributed by atoms with van der Waals surface area (Å²) in [6, 6.07) is 58.1. The van der Waals surface area contributed by atoms with Gasteiger partial charge in [0, 0.05) is 23.0 Å². The average molecular weight is 602 g/mol. The summed E-state index contributed by atoms with van der Waals surface area (Å²) in [5, 5.41) is 5.12. The highest BCUT2D eigenvalue weighted by atomic mass is 15.2. The van der Waals surface area contributed by atoms with E-state index in [1.165, 1.54) is 77.6 Å². The van der Waals surface area contributed by atoms with Gasteiger partial charge in [-0.3, -0.25) is 0 Å². The third-order valence-corrected chi connectivity index (χ3v) is 10.1. The van der Waals surface area contributed by atoms with E-state index >= 15 is 0 Å². The summed E-state index contributed by atoms with van der Waals surface area (Å²) in [4.78, 5) is 2.57. The van der Waals surface area contributed by atoms with Gasteiger partial charge in [0.05, 0.1) is 0 Å². The summed E-state index contributed by atoms with van der Waals surface area (Å²) >= 11 is 0. The predicted molar refractivity (Wildman–Crippen MR) is 199 cm³/mol. The van der Waals surface area contributed by atoms with E-state index in [0.29, 0.717) is 5.92 Å². The van der Waals surface area contributed by atoms with Crippen molar-refractivity contribution in [2.24, 2.45) is 0 Å². The third-order valence-electron chi connectivity index (χ3n) is 10.1. The first-order valence-corrected chi connectivity index (χ1v) is 16.7. The molecule has 47 heavy (non-hydrogen) atoms. The predicted octanol–water partition coefficient (Wildman–Crippen LogP) is 12.4. The van der Waals surface area contributed by atoms with Crippen LogP contribution in [0.25, 0.3) is 43.8 Å². The Hall–Kier alpha value is -5.66. The Labute approximate surface area is 276 Å². The number of aryl methyl sites for hydroxylation is 1. The summed E-state index contributed by atoms with van der Waals surface area (Å²) in [6.07, 6.45) is 7.88. The van der Waals surface area contributed by atoms with Crippen LogP contribution in [0.5, 0.6) is 0 Å². The van der Waals surface area contributed by atoms with E-state index in [1.54, 1.807) is 0 Å². The number of para-hydroxylation sites is 1. The molecule has 1 unspecified atom stereocenters. The fourth-order valence-corrected chi connectivity index (χ4v) is 7.64. The summed E-state index contributed by atoms with van der Waals surface area (Å²) < 4.78 is 0. The summed E-state index contributed by atoms with van der Waals surface area (Å²) in [6.45, 7) is 0. The van der Waals surface area contributed by atoms with Crippen molar-refractivity contribution in [2.75, 3.05) is 4.90 Å². The zero-order valence-corrected chi connectivity index (χ0v) is 26.3. The highest BCUT2D eigenvalue weighted by Gasteiger charge is 2.29. The Balaban J connectivity index is 1.19. The van der Waals surface area contributed by atoms with E-state index < -0.39 is 0 Å². The SMILES string of the molecule is C1=CC(c2ccc3ccccc3c2)CC2=C1CCc1ccc(-c3cc4ccccc4cc3-c3ccccc3)cc1N2c1ccccc1. The summed E-state index contributed by atoms with van der Waals surface area (Å²) in [7, 11) is 0. The molecule has 7 aromatic rings.